The van der Waals surface area contributed by atoms with Gasteiger partial charge in [0.1, 0.15) is 5.75 Å². The standard InChI is InChI=1S/C12H17NOS/c1-7-6-10(12(13)15-5)8(2)9(3)11(7)14-4/h6,13H,1-5H3. The zero-order valence-electron chi connectivity index (χ0n) is 9.89. The van der Waals surface area contributed by atoms with Crippen LogP contribution < -0.4 is 4.74 Å². The number of thioether (sulfide) groups is 1. The fraction of sp³-hybridized carbons (Fsp3) is 0.417. The molecule has 0 fully saturated rings. The zero-order valence-corrected chi connectivity index (χ0v) is 10.7. The van der Waals surface area contributed by atoms with Crippen molar-refractivity contribution < 1.29 is 4.74 Å². The normalized spacial score (nSPS) is 10.2. The molecule has 1 aromatic carbocycles. The highest BCUT2D eigenvalue weighted by atomic mass is 32.2. The molecule has 0 unspecified atom stereocenters. The molecule has 1 rings (SSSR count). The van der Waals surface area contributed by atoms with Gasteiger partial charge in [-0.15, -0.1) is 11.8 Å². The molecule has 0 bridgehead atoms. The van der Waals surface area contributed by atoms with Crippen molar-refractivity contribution in [2.24, 2.45) is 0 Å². The Bertz CT molecular complexity index is 399. The summed E-state index contributed by atoms with van der Waals surface area (Å²) >= 11 is 1.47. The number of nitrogens with one attached hydrogen (secondary N) is 1. The molecule has 0 aliphatic heterocycles. The minimum atomic E-state index is 0.612. The smallest absolute Gasteiger partial charge is 0.124 e. The predicted molar refractivity (Wildman–Crippen MR) is 67.5 cm³/mol. The van der Waals surface area contributed by atoms with E-state index in [0.717, 1.165) is 28.0 Å². The summed E-state index contributed by atoms with van der Waals surface area (Å²) in [5.74, 6) is 0.935. The van der Waals surface area contributed by atoms with Crippen LogP contribution in [0.15, 0.2) is 6.07 Å². The lowest BCUT2D eigenvalue weighted by molar-refractivity contribution is 0.408. The van der Waals surface area contributed by atoms with E-state index >= 15 is 0 Å². The van der Waals surface area contributed by atoms with Crippen molar-refractivity contribution in [1.82, 2.24) is 0 Å². The summed E-state index contributed by atoms with van der Waals surface area (Å²) < 4.78 is 5.35. The number of benzene rings is 1. The first-order valence-corrected chi connectivity index (χ1v) is 6.03. The van der Waals surface area contributed by atoms with Gasteiger partial charge >= 0.3 is 0 Å². The number of aryl methyl sites for hydroxylation is 1. The van der Waals surface area contributed by atoms with Crippen molar-refractivity contribution >= 4 is 16.8 Å². The van der Waals surface area contributed by atoms with Crippen LogP contribution in [0.25, 0.3) is 0 Å². The summed E-state index contributed by atoms with van der Waals surface area (Å²) in [6.07, 6.45) is 1.93. The van der Waals surface area contributed by atoms with Gasteiger partial charge in [0.25, 0.3) is 0 Å². The number of hydrogen-bond donors (Lipinski definition) is 1. The van der Waals surface area contributed by atoms with Gasteiger partial charge in [0.05, 0.1) is 12.2 Å². The molecule has 0 saturated heterocycles. The van der Waals surface area contributed by atoms with Crippen molar-refractivity contribution in [3.8, 4) is 5.75 Å². The topological polar surface area (TPSA) is 33.1 Å². The predicted octanol–water partition coefficient (Wildman–Crippen LogP) is 3.31. The molecule has 0 radical (unpaired) electrons. The number of rotatable bonds is 2. The Morgan fingerprint density at radius 2 is 1.87 bits per heavy atom. The Labute approximate surface area is 95.5 Å². The SMILES string of the molecule is COc1c(C)cc(C(=N)SC)c(C)c1C. The molecule has 0 heterocycles. The molecule has 2 nitrogen and oxygen atoms in total. The minimum Gasteiger partial charge on any atom is -0.496 e. The Morgan fingerprint density at radius 3 is 2.33 bits per heavy atom. The van der Waals surface area contributed by atoms with Crippen LogP contribution in [0.5, 0.6) is 5.75 Å². The summed E-state index contributed by atoms with van der Waals surface area (Å²) in [4.78, 5) is 0. The average Bonchev–Trinajstić information content (AvgIpc) is 2.23. The van der Waals surface area contributed by atoms with E-state index in [4.69, 9.17) is 10.1 Å². The van der Waals surface area contributed by atoms with Gasteiger partial charge in [-0.3, -0.25) is 5.41 Å². The Balaban J connectivity index is 3.40. The van der Waals surface area contributed by atoms with Crippen LogP contribution in [-0.2, 0) is 0 Å². The van der Waals surface area contributed by atoms with E-state index in [1.54, 1.807) is 7.11 Å². The molecule has 0 aliphatic carbocycles. The van der Waals surface area contributed by atoms with E-state index in [9.17, 15) is 0 Å². The van der Waals surface area contributed by atoms with Crippen molar-refractivity contribution in [3.05, 3.63) is 28.3 Å². The van der Waals surface area contributed by atoms with Crippen LogP contribution in [0.1, 0.15) is 22.3 Å². The zero-order chi connectivity index (χ0) is 11.6. The van der Waals surface area contributed by atoms with Crippen LogP contribution in [0, 0.1) is 26.2 Å². The molecule has 3 heteroatoms. The van der Waals surface area contributed by atoms with Gasteiger partial charge in [0.15, 0.2) is 0 Å². The second-order valence-electron chi connectivity index (χ2n) is 3.56. The van der Waals surface area contributed by atoms with E-state index in [1.807, 2.05) is 33.1 Å². The molecule has 0 saturated carbocycles. The van der Waals surface area contributed by atoms with Crippen LogP contribution >= 0.6 is 11.8 Å². The highest BCUT2D eigenvalue weighted by molar-refractivity contribution is 8.13. The summed E-state index contributed by atoms with van der Waals surface area (Å²) in [6, 6.07) is 2.03. The van der Waals surface area contributed by atoms with Crippen LogP contribution in [-0.4, -0.2) is 18.4 Å². The maximum Gasteiger partial charge on any atom is 0.124 e. The lowest BCUT2D eigenvalue weighted by Crippen LogP contribution is -2.02. The monoisotopic (exact) mass is 223 g/mol. The van der Waals surface area contributed by atoms with E-state index in [1.165, 1.54) is 11.8 Å². The third kappa shape index (κ3) is 2.17. The minimum absolute atomic E-state index is 0.612. The van der Waals surface area contributed by atoms with Gasteiger partial charge in [-0.05, 0) is 49.8 Å². The van der Waals surface area contributed by atoms with Crippen molar-refractivity contribution in [1.29, 1.82) is 5.41 Å². The van der Waals surface area contributed by atoms with Gasteiger partial charge in [0, 0.05) is 5.56 Å². The first kappa shape index (κ1) is 12.1. The first-order chi connectivity index (χ1) is 7.02. The van der Waals surface area contributed by atoms with Crippen molar-refractivity contribution in [3.63, 3.8) is 0 Å². The fourth-order valence-corrected chi connectivity index (χ4v) is 2.15. The molecule has 15 heavy (non-hydrogen) atoms. The van der Waals surface area contributed by atoms with Crippen LogP contribution in [0.3, 0.4) is 0 Å². The largest absolute Gasteiger partial charge is 0.496 e. The Kier molecular flexibility index (Phi) is 3.80. The molecule has 0 atom stereocenters. The molecule has 0 aromatic heterocycles. The first-order valence-electron chi connectivity index (χ1n) is 4.80. The maximum atomic E-state index is 7.86. The Hall–Kier alpha value is -0.960. The quantitative estimate of drug-likeness (QED) is 0.616. The molecule has 0 spiro atoms. The maximum absolute atomic E-state index is 7.86. The molecule has 0 aliphatic rings. The number of methoxy groups -OCH3 is 1. The van der Waals surface area contributed by atoms with Crippen LogP contribution in [0.4, 0.5) is 0 Å². The second-order valence-corrected chi connectivity index (χ2v) is 4.37. The van der Waals surface area contributed by atoms with E-state index in [-0.39, 0.29) is 0 Å². The van der Waals surface area contributed by atoms with E-state index in [2.05, 4.69) is 0 Å². The summed E-state index contributed by atoms with van der Waals surface area (Å²) in [5, 5.41) is 8.47. The van der Waals surface area contributed by atoms with Crippen LogP contribution in [0.2, 0.25) is 0 Å². The van der Waals surface area contributed by atoms with Gasteiger partial charge in [-0.25, -0.2) is 0 Å². The molecular formula is C12H17NOS. The van der Waals surface area contributed by atoms with Crippen molar-refractivity contribution in [2.75, 3.05) is 13.4 Å². The lowest BCUT2D eigenvalue weighted by atomic mass is 9.99. The number of ether oxygens (including phenoxy) is 1. The molecule has 1 N–H and O–H groups in total. The summed E-state index contributed by atoms with van der Waals surface area (Å²) in [7, 11) is 1.69. The summed E-state index contributed by atoms with van der Waals surface area (Å²) in [5.41, 5.74) is 4.37. The van der Waals surface area contributed by atoms with Gasteiger partial charge in [-0.1, -0.05) is 0 Å². The highest BCUT2D eigenvalue weighted by Crippen LogP contribution is 2.29. The number of hydrogen-bond acceptors (Lipinski definition) is 3. The van der Waals surface area contributed by atoms with Gasteiger partial charge in [0.2, 0.25) is 0 Å². The lowest BCUT2D eigenvalue weighted by Gasteiger charge is -2.15. The second kappa shape index (κ2) is 4.71. The fourth-order valence-electron chi connectivity index (χ4n) is 1.72. The molecule has 82 valence electrons. The average molecular weight is 223 g/mol. The van der Waals surface area contributed by atoms with Crippen molar-refractivity contribution in [2.45, 2.75) is 20.8 Å². The van der Waals surface area contributed by atoms with Gasteiger partial charge < -0.3 is 4.74 Å². The third-order valence-electron chi connectivity index (χ3n) is 2.68. The molecule has 0 amide bonds. The molecule has 1 aromatic rings. The Morgan fingerprint density at radius 1 is 1.27 bits per heavy atom. The third-order valence-corrected chi connectivity index (χ3v) is 3.31. The highest BCUT2D eigenvalue weighted by Gasteiger charge is 2.12. The van der Waals surface area contributed by atoms with Gasteiger partial charge in [-0.2, -0.15) is 0 Å². The van der Waals surface area contributed by atoms with E-state index in [0.29, 0.717) is 5.04 Å². The van der Waals surface area contributed by atoms with E-state index < -0.39 is 0 Å². The molecular weight excluding hydrogens is 206 g/mol. The summed E-state index contributed by atoms with van der Waals surface area (Å²) in [6.45, 7) is 6.10.